The molecule has 11 heteroatoms. The summed E-state index contributed by atoms with van der Waals surface area (Å²) in [5.41, 5.74) is 2.08. The molecule has 0 unspecified atom stereocenters. The van der Waals surface area contributed by atoms with Crippen LogP contribution in [0, 0.1) is 24.5 Å². The highest BCUT2D eigenvalue weighted by Gasteiger charge is 2.32. The Morgan fingerprint density at radius 2 is 1.89 bits per heavy atom. The maximum atomic E-state index is 15.3. The number of hydrogen-bond acceptors (Lipinski definition) is 8. The van der Waals surface area contributed by atoms with Crippen LogP contribution in [-0.2, 0) is 0 Å². The molecule has 2 aliphatic rings. The normalized spacial score (nSPS) is 15.7. The van der Waals surface area contributed by atoms with Crippen molar-refractivity contribution in [2.45, 2.75) is 19.8 Å². The van der Waals surface area contributed by atoms with Crippen LogP contribution in [0.2, 0.25) is 0 Å². The zero-order valence-corrected chi connectivity index (χ0v) is 20.2. The van der Waals surface area contributed by atoms with Crippen LogP contribution in [0.1, 0.15) is 23.3 Å². The van der Waals surface area contributed by atoms with Crippen molar-refractivity contribution in [3.8, 4) is 11.6 Å². The summed E-state index contributed by atoms with van der Waals surface area (Å²) in [5, 5.41) is 6.36. The van der Waals surface area contributed by atoms with Gasteiger partial charge in [0, 0.05) is 43.2 Å². The van der Waals surface area contributed by atoms with Crippen LogP contribution >= 0.6 is 0 Å². The molecule has 0 amide bonds. The number of fused-ring (bicyclic) bond motifs is 1. The number of aryl methyl sites for hydroxylation is 1. The van der Waals surface area contributed by atoms with Crippen molar-refractivity contribution in [2.75, 3.05) is 36.4 Å². The molecular weight excluding hydrogens is 480 g/mol. The van der Waals surface area contributed by atoms with Gasteiger partial charge >= 0.3 is 0 Å². The molecule has 0 spiro atoms. The first-order chi connectivity index (χ1) is 18.0. The molecule has 190 valence electrons. The summed E-state index contributed by atoms with van der Waals surface area (Å²) in [6.07, 6.45) is 4.54. The first-order valence-corrected chi connectivity index (χ1v) is 12.2. The third-order valence-electron chi connectivity index (χ3n) is 6.66. The monoisotopic (exact) mass is 505 g/mol. The predicted molar refractivity (Wildman–Crippen MR) is 135 cm³/mol. The molecule has 4 heterocycles. The van der Waals surface area contributed by atoms with E-state index >= 15 is 8.78 Å². The molecule has 6 rings (SSSR count). The average molecular weight is 506 g/mol. The lowest BCUT2D eigenvalue weighted by Gasteiger charge is -2.29. The molecule has 1 aliphatic carbocycles. The fourth-order valence-corrected chi connectivity index (χ4v) is 4.55. The Kier molecular flexibility index (Phi) is 5.91. The number of carbonyl (C=O) groups is 1. The van der Waals surface area contributed by atoms with Crippen molar-refractivity contribution < 1.29 is 18.3 Å². The average Bonchev–Trinajstić information content (AvgIpc) is 3.71. The van der Waals surface area contributed by atoms with Gasteiger partial charge in [-0.1, -0.05) is 0 Å². The topological polar surface area (TPSA) is 97.2 Å². The van der Waals surface area contributed by atoms with Crippen molar-refractivity contribution >= 4 is 34.1 Å². The van der Waals surface area contributed by atoms with Crippen LogP contribution in [0.25, 0.3) is 10.9 Å². The van der Waals surface area contributed by atoms with E-state index in [1.54, 1.807) is 31.3 Å². The predicted octanol–water partition coefficient (Wildman–Crippen LogP) is 4.41. The highest BCUT2D eigenvalue weighted by atomic mass is 19.1. The summed E-state index contributed by atoms with van der Waals surface area (Å²) in [6.45, 7) is 5.35. The lowest BCUT2D eigenvalue weighted by Crippen LogP contribution is -2.43. The lowest BCUT2D eigenvalue weighted by molar-refractivity contribution is 0.0889. The van der Waals surface area contributed by atoms with Gasteiger partial charge in [-0.3, -0.25) is 9.36 Å². The van der Waals surface area contributed by atoms with E-state index in [2.05, 4.69) is 30.5 Å². The van der Waals surface area contributed by atoms with Crippen molar-refractivity contribution in [1.82, 2.24) is 24.8 Å². The van der Waals surface area contributed by atoms with Gasteiger partial charge in [0.25, 0.3) is 5.88 Å². The molecule has 1 saturated carbocycles. The van der Waals surface area contributed by atoms with Crippen LogP contribution in [-0.4, -0.2) is 51.6 Å². The maximum Gasteiger partial charge on any atom is 0.261 e. The second-order valence-corrected chi connectivity index (χ2v) is 9.25. The third kappa shape index (κ3) is 4.46. The van der Waals surface area contributed by atoms with E-state index in [1.165, 1.54) is 10.6 Å². The number of nitrogens with zero attached hydrogens (tertiary/aromatic N) is 5. The number of hydrogen-bond donors (Lipinski definition) is 2. The standard InChI is InChI=1S/C26H25F2N7O2/c1-15-12-18-19(35(15)26(36)16-2-3-16)5-6-20(22(18)27)37-25-23(28)24(31-14-32-25)33-21-7-4-17(13-30-21)34-10-8-29-9-11-34/h4-7,12-14,16,29H,2-3,8-11H2,1H3,(H,30,31,32,33). The first-order valence-electron chi connectivity index (χ1n) is 12.2. The van der Waals surface area contributed by atoms with E-state index in [0.29, 0.717) is 17.0 Å². The highest BCUT2D eigenvalue weighted by molar-refractivity contribution is 5.96. The minimum atomic E-state index is -0.882. The molecule has 0 radical (unpaired) electrons. The molecule has 0 bridgehead atoms. The van der Waals surface area contributed by atoms with E-state index in [1.807, 2.05) is 6.07 Å². The van der Waals surface area contributed by atoms with E-state index < -0.39 is 17.5 Å². The first kappa shape index (κ1) is 23.3. The van der Waals surface area contributed by atoms with Crippen molar-refractivity contribution in [3.05, 3.63) is 60.2 Å². The SMILES string of the molecule is Cc1cc2c(F)c(Oc3ncnc(Nc4ccc(N5CCNCC5)cn4)c3F)ccc2n1C(=O)C1CC1. The van der Waals surface area contributed by atoms with E-state index in [9.17, 15) is 4.79 Å². The second-order valence-electron chi connectivity index (χ2n) is 9.25. The summed E-state index contributed by atoms with van der Waals surface area (Å²) in [4.78, 5) is 27.0. The summed E-state index contributed by atoms with van der Waals surface area (Å²) in [7, 11) is 0. The minimum Gasteiger partial charge on any atom is -0.433 e. The Labute approximate surface area is 211 Å². The fourth-order valence-electron chi connectivity index (χ4n) is 4.55. The van der Waals surface area contributed by atoms with Gasteiger partial charge in [0.05, 0.1) is 17.4 Å². The molecule has 2 N–H and O–H groups in total. The minimum absolute atomic E-state index is 0.0120. The molecule has 4 aromatic rings. The molecule has 0 atom stereocenters. The van der Waals surface area contributed by atoms with Gasteiger partial charge in [0.1, 0.15) is 12.1 Å². The smallest absolute Gasteiger partial charge is 0.261 e. The highest BCUT2D eigenvalue weighted by Crippen LogP contribution is 2.36. The number of ether oxygens (including phenoxy) is 1. The quantitative estimate of drug-likeness (QED) is 0.398. The molecule has 2 fully saturated rings. The number of benzene rings is 1. The van der Waals surface area contributed by atoms with Crippen molar-refractivity contribution in [2.24, 2.45) is 5.92 Å². The van der Waals surface area contributed by atoms with Gasteiger partial charge in [0.15, 0.2) is 17.4 Å². The lowest BCUT2D eigenvalue weighted by atomic mass is 10.2. The molecule has 1 aliphatic heterocycles. The van der Waals surface area contributed by atoms with Gasteiger partial charge in [0.2, 0.25) is 11.7 Å². The van der Waals surface area contributed by atoms with Gasteiger partial charge in [-0.15, -0.1) is 0 Å². The Bertz CT molecular complexity index is 1480. The maximum absolute atomic E-state index is 15.3. The van der Waals surface area contributed by atoms with E-state index in [-0.39, 0.29) is 28.8 Å². The molecule has 1 aromatic carbocycles. The summed E-state index contributed by atoms with van der Waals surface area (Å²) in [6, 6.07) is 8.21. The molecule has 3 aromatic heterocycles. The number of halogens is 2. The number of pyridine rings is 1. The van der Waals surface area contributed by atoms with Crippen LogP contribution in [0.15, 0.2) is 42.9 Å². The summed E-state index contributed by atoms with van der Waals surface area (Å²) >= 11 is 0. The Morgan fingerprint density at radius 1 is 1.08 bits per heavy atom. The molecule has 1 saturated heterocycles. The third-order valence-corrected chi connectivity index (χ3v) is 6.66. The van der Waals surface area contributed by atoms with Crippen LogP contribution in [0.5, 0.6) is 11.6 Å². The number of carbonyl (C=O) groups excluding carboxylic acids is 1. The Hall–Kier alpha value is -4.12. The van der Waals surface area contributed by atoms with Crippen molar-refractivity contribution in [1.29, 1.82) is 0 Å². The number of nitrogens with one attached hydrogen (secondary N) is 2. The van der Waals surface area contributed by atoms with Crippen LogP contribution < -0.4 is 20.3 Å². The number of rotatable bonds is 6. The molecule has 37 heavy (non-hydrogen) atoms. The largest absolute Gasteiger partial charge is 0.433 e. The number of aromatic nitrogens is 4. The zero-order valence-electron chi connectivity index (χ0n) is 20.2. The van der Waals surface area contributed by atoms with Gasteiger partial charge in [-0.25, -0.2) is 14.4 Å². The van der Waals surface area contributed by atoms with Gasteiger partial charge in [-0.05, 0) is 50.1 Å². The van der Waals surface area contributed by atoms with Crippen LogP contribution in [0.4, 0.5) is 26.1 Å². The van der Waals surface area contributed by atoms with Gasteiger partial charge < -0.3 is 20.3 Å². The van der Waals surface area contributed by atoms with E-state index in [4.69, 9.17) is 4.74 Å². The fraction of sp³-hybridized carbons (Fsp3) is 0.308. The summed E-state index contributed by atoms with van der Waals surface area (Å²) < 4.78 is 37.6. The Morgan fingerprint density at radius 3 is 2.62 bits per heavy atom. The van der Waals surface area contributed by atoms with E-state index in [0.717, 1.165) is 51.0 Å². The number of piperazine rings is 1. The number of anilines is 3. The zero-order chi connectivity index (χ0) is 25.5. The molecule has 9 nitrogen and oxygen atoms in total. The Balaban J connectivity index is 1.23. The molecular formula is C26H25F2N7O2. The van der Waals surface area contributed by atoms with Crippen LogP contribution in [0.3, 0.4) is 0 Å². The second kappa shape index (κ2) is 9.40. The van der Waals surface area contributed by atoms with Crippen molar-refractivity contribution in [3.63, 3.8) is 0 Å². The van der Waals surface area contributed by atoms with Gasteiger partial charge in [-0.2, -0.15) is 9.37 Å². The summed E-state index contributed by atoms with van der Waals surface area (Å²) in [5.74, 6) is -2.01.